The Morgan fingerprint density at radius 3 is 1.45 bits per heavy atom. The number of hydrogen-bond donors (Lipinski definition) is 0. The summed E-state index contributed by atoms with van der Waals surface area (Å²) in [6, 6.07) is 52.1. The molecule has 1 atom stereocenters. The van der Waals surface area contributed by atoms with Crippen LogP contribution in [0, 0.1) is 0 Å². The van der Waals surface area contributed by atoms with Crippen LogP contribution in [0.1, 0.15) is 45.6 Å². The van der Waals surface area contributed by atoms with E-state index >= 15 is 0 Å². The number of benzene rings is 8. The van der Waals surface area contributed by atoms with E-state index in [1.165, 1.54) is 81.7 Å². The molecule has 44 heavy (non-hydrogen) atoms. The summed E-state index contributed by atoms with van der Waals surface area (Å²) >= 11 is 0. The molecule has 0 radical (unpaired) electrons. The maximum Gasteiger partial charge on any atom is -0.00923 e. The van der Waals surface area contributed by atoms with Crippen LogP contribution in [0.15, 0.2) is 140 Å². The molecule has 214 valence electrons. The Kier molecular flexibility index (Phi) is 7.36. The van der Waals surface area contributed by atoms with Gasteiger partial charge in [-0.05, 0) is 118 Å². The predicted molar refractivity (Wildman–Crippen MR) is 195 cm³/mol. The van der Waals surface area contributed by atoms with E-state index in [0.717, 1.165) is 6.42 Å². The van der Waals surface area contributed by atoms with Gasteiger partial charge in [0.2, 0.25) is 0 Å². The van der Waals surface area contributed by atoms with Gasteiger partial charge in [-0.3, -0.25) is 0 Å². The maximum atomic E-state index is 2.46. The largest absolute Gasteiger partial charge is 0.0683 e. The summed E-state index contributed by atoms with van der Waals surface area (Å²) in [4.78, 5) is 0. The highest BCUT2D eigenvalue weighted by Gasteiger charge is 2.16. The van der Waals surface area contributed by atoms with Crippen LogP contribution in [0.3, 0.4) is 0 Å². The Hall–Kier alpha value is -4.94. The van der Waals surface area contributed by atoms with Crippen LogP contribution < -0.4 is 0 Å². The summed E-state index contributed by atoms with van der Waals surface area (Å²) in [6.45, 7) is 8.62. The molecule has 0 nitrogen and oxygen atoms in total. The highest BCUT2D eigenvalue weighted by molar-refractivity contribution is 6.24. The van der Waals surface area contributed by atoms with Gasteiger partial charge >= 0.3 is 0 Å². The van der Waals surface area contributed by atoms with Gasteiger partial charge in [0.1, 0.15) is 0 Å². The fourth-order valence-corrected chi connectivity index (χ4v) is 6.75. The van der Waals surface area contributed by atoms with Gasteiger partial charge in [0.15, 0.2) is 0 Å². The molecule has 0 bridgehead atoms. The van der Waals surface area contributed by atoms with Crippen LogP contribution >= 0.6 is 0 Å². The molecule has 0 N–H and O–H groups in total. The lowest BCUT2D eigenvalue weighted by atomic mass is 9.85. The minimum Gasteiger partial charge on any atom is -0.0683 e. The van der Waals surface area contributed by atoms with Crippen LogP contribution in [-0.4, -0.2) is 0 Å². The first-order chi connectivity index (χ1) is 21.7. The molecule has 0 saturated carbocycles. The second-order valence-electron chi connectivity index (χ2n) is 11.7. The van der Waals surface area contributed by atoms with Crippen LogP contribution in [0.25, 0.3) is 76.1 Å². The summed E-state index contributed by atoms with van der Waals surface area (Å²) in [5.74, 6) is 0.513. The van der Waals surface area contributed by atoms with Crippen molar-refractivity contribution in [2.24, 2.45) is 0 Å². The zero-order valence-electron chi connectivity index (χ0n) is 26.1. The third-order valence-electron chi connectivity index (χ3n) is 9.30. The molecule has 8 rings (SSSR count). The minimum absolute atomic E-state index is 0.513. The van der Waals surface area contributed by atoms with E-state index in [1.807, 2.05) is 13.8 Å². The number of hydrogen-bond acceptors (Lipinski definition) is 0. The van der Waals surface area contributed by atoms with E-state index in [9.17, 15) is 0 Å². The lowest BCUT2D eigenvalue weighted by Gasteiger charge is -2.18. The highest BCUT2D eigenvalue weighted by Crippen LogP contribution is 2.43. The van der Waals surface area contributed by atoms with Gasteiger partial charge in [-0.25, -0.2) is 0 Å². The first-order valence-electron chi connectivity index (χ1n) is 16.1. The van der Waals surface area contributed by atoms with Crippen molar-refractivity contribution in [3.63, 3.8) is 0 Å². The van der Waals surface area contributed by atoms with Crippen LogP contribution in [-0.2, 0) is 0 Å². The first kappa shape index (κ1) is 27.9. The predicted octanol–water partition coefficient (Wildman–Crippen LogP) is 13.3. The van der Waals surface area contributed by atoms with Crippen molar-refractivity contribution in [2.45, 2.75) is 40.0 Å². The molecule has 1 unspecified atom stereocenters. The molecule has 8 aromatic carbocycles. The first-order valence-corrected chi connectivity index (χ1v) is 16.1. The van der Waals surface area contributed by atoms with Crippen molar-refractivity contribution >= 4 is 53.9 Å². The quantitative estimate of drug-likeness (QED) is 0.186. The number of rotatable bonds is 4. The standard InChI is InChI=1S/C42H32.C2H6/c1-3-27(2)30-20-21-37-40(24-30)39(34-19-17-29-11-5-7-13-32(29)23-34)26-41-36-15-9-8-14-35(36)38(25-42(37)41)33-18-16-28-10-4-6-12-31(28)22-33;1-2/h4-27H,3H2,1-2H3;1-2H3. The van der Waals surface area contributed by atoms with Crippen LogP contribution in [0.5, 0.6) is 0 Å². The molecule has 0 heteroatoms. The molecular formula is C44H38. The molecule has 0 aliphatic heterocycles. The Bertz CT molecular complexity index is 2300. The highest BCUT2D eigenvalue weighted by atomic mass is 14.2. The molecule has 0 aromatic heterocycles. The van der Waals surface area contributed by atoms with E-state index in [0.29, 0.717) is 5.92 Å². The van der Waals surface area contributed by atoms with Crippen molar-refractivity contribution in [1.82, 2.24) is 0 Å². The van der Waals surface area contributed by atoms with E-state index in [2.05, 4.69) is 153 Å². The van der Waals surface area contributed by atoms with E-state index in [1.54, 1.807) is 0 Å². The van der Waals surface area contributed by atoms with Crippen molar-refractivity contribution in [3.05, 3.63) is 145 Å². The van der Waals surface area contributed by atoms with Gasteiger partial charge < -0.3 is 0 Å². The van der Waals surface area contributed by atoms with Crippen LogP contribution in [0.4, 0.5) is 0 Å². The number of fused-ring (bicyclic) bond motifs is 7. The lowest BCUT2D eigenvalue weighted by molar-refractivity contribution is 0.735. The molecule has 0 spiro atoms. The molecular weight excluding hydrogens is 528 g/mol. The topological polar surface area (TPSA) is 0 Å². The summed E-state index contributed by atoms with van der Waals surface area (Å²) < 4.78 is 0. The lowest BCUT2D eigenvalue weighted by Crippen LogP contribution is -1.94. The van der Waals surface area contributed by atoms with E-state index in [4.69, 9.17) is 0 Å². The molecule has 0 heterocycles. The van der Waals surface area contributed by atoms with Gasteiger partial charge in [0.25, 0.3) is 0 Å². The van der Waals surface area contributed by atoms with E-state index in [-0.39, 0.29) is 0 Å². The normalized spacial score (nSPS) is 12.1. The van der Waals surface area contributed by atoms with Crippen molar-refractivity contribution in [2.75, 3.05) is 0 Å². The van der Waals surface area contributed by atoms with Gasteiger partial charge in [0.05, 0.1) is 0 Å². The Morgan fingerprint density at radius 1 is 0.409 bits per heavy atom. The van der Waals surface area contributed by atoms with E-state index < -0.39 is 0 Å². The molecule has 8 aromatic rings. The second-order valence-corrected chi connectivity index (χ2v) is 11.7. The Balaban J connectivity index is 0.00000153. The van der Waals surface area contributed by atoms with Crippen LogP contribution in [0.2, 0.25) is 0 Å². The van der Waals surface area contributed by atoms with Gasteiger partial charge in [-0.15, -0.1) is 0 Å². The fraction of sp³-hybridized carbons (Fsp3) is 0.136. The summed E-state index contributed by atoms with van der Waals surface area (Å²) in [5.41, 5.74) is 6.52. The summed E-state index contributed by atoms with van der Waals surface area (Å²) in [6.07, 6.45) is 1.13. The third-order valence-corrected chi connectivity index (χ3v) is 9.30. The summed E-state index contributed by atoms with van der Waals surface area (Å²) in [7, 11) is 0. The smallest absolute Gasteiger partial charge is 0.00923 e. The monoisotopic (exact) mass is 566 g/mol. The fourth-order valence-electron chi connectivity index (χ4n) is 6.75. The average molecular weight is 567 g/mol. The van der Waals surface area contributed by atoms with Gasteiger partial charge in [0, 0.05) is 0 Å². The second kappa shape index (κ2) is 11.6. The molecule has 0 aliphatic carbocycles. The molecule has 0 saturated heterocycles. The molecule has 0 fully saturated rings. The SMILES string of the molecule is CC.CCC(C)c1ccc2c(c1)c(-c1ccc3ccccc3c1)cc1c3ccccc3c(-c3ccc4ccccc4c3)cc21. The van der Waals surface area contributed by atoms with Gasteiger partial charge in [-0.2, -0.15) is 0 Å². The average Bonchev–Trinajstić information content (AvgIpc) is 3.10. The molecule has 0 amide bonds. The Morgan fingerprint density at radius 2 is 0.886 bits per heavy atom. The summed E-state index contributed by atoms with van der Waals surface area (Å²) in [5, 5.41) is 13.0. The maximum absolute atomic E-state index is 2.46. The van der Waals surface area contributed by atoms with Crippen molar-refractivity contribution in [1.29, 1.82) is 0 Å². The van der Waals surface area contributed by atoms with Crippen molar-refractivity contribution < 1.29 is 0 Å². The minimum atomic E-state index is 0.513. The Labute approximate surface area is 260 Å². The van der Waals surface area contributed by atoms with Crippen molar-refractivity contribution in [3.8, 4) is 22.3 Å². The van der Waals surface area contributed by atoms with Gasteiger partial charge in [-0.1, -0.05) is 143 Å². The zero-order valence-corrected chi connectivity index (χ0v) is 26.1. The third kappa shape index (κ3) is 4.72. The zero-order chi connectivity index (χ0) is 30.2. The molecule has 0 aliphatic rings.